The Hall–Kier alpha value is -2.14. The smallest absolute Gasteiger partial charge is 0.335 e. The first-order valence-electron chi connectivity index (χ1n) is 9.77. The number of likely N-dealkylation sites (tertiary alicyclic amines) is 1. The number of carboxylic acids is 1. The van der Waals surface area contributed by atoms with Crippen molar-refractivity contribution < 1.29 is 9.90 Å². The zero-order chi connectivity index (χ0) is 17.9. The number of aromatic carboxylic acids is 1. The zero-order valence-electron chi connectivity index (χ0n) is 15.2. The minimum atomic E-state index is -0.847. The van der Waals surface area contributed by atoms with Gasteiger partial charge in [0.2, 0.25) is 0 Å². The third kappa shape index (κ3) is 3.68. The number of hydrogen-bond donors (Lipinski definition) is 1. The van der Waals surface area contributed by atoms with Crippen LogP contribution in [0.1, 0.15) is 72.1 Å². The van der Waals surface area contributed by atoms with Gasteiger partial charge in [-0.15, -0.1) is 0 Å². The highest BCUT2D eigenvalue weighted by Crippen LogP contribution is 2.32. The van der Waals surface area contributed by atoms with E-state index in [1.165, 1.54) is 31.4 Å². The molecule has 2 aliphatic rings. The van der Waals surface area contributed by atoms with Gasteiger partial charge >= 0.3 is 5.97 Å². The normalized spacial score (nSPS) is 21.9. The van der Waals surface area contributed by atoms with Gasteiger partial charge in [-0.3, -0.25) is 4.90 Å². The van der Waals surface area contributed by atoms with Crippen molar-refractivity contribution in [2.75, 3.05) is 13.1 Å². The molecule has 1 saturated carbocycles. The molecule has 2 fully saturated rings. The van der Waals surface area contributed by atoms with Crippen LogP contribution >= 0.6 is 0 Å². The minimum Gasteiger partial charge on any atom is -0.478 e. The number of hydrogen-bond acceptors (Lipinski definition) is 3. The lowest BCUT2D eigenvalue weighted by atomic mass is 9.89. The molecule has 2 heterocycles. The van der Waals surface area contributed by atoms with Gasteiger partial charge in [0.05, 0.1) is 17.6 Å². The van der Waals surface area contributed by atoms with Crippen LogP contribution in [0.2, 0.25) is 0 Å². The first kappa shape index (κ1) is 17.3. The molecule has 26 heavy (non-hydrogen) atoms. The van der Waals surface area contributed by atoms with Crippen LogP contribution in [0.5, 0.6) is 0 Å². The molecule has 1 atom stereocenters. The number of carbonyl (C=O) groups is 1. The molecule has 5 heteroatoms. The lowest BCUT2D eigenvalue weighted by Gasteiger charge is -2.33. The summed E-state index contributed by atoms with van der Waals surface area (Å²) in [5.41, 5.74) is 2.86. The molecule has 1 aromatic carbocycles. The SMILES string of the molecule is O=C(O)c1cccc(C2CCCN(Cc3cncn3C3CCCC3)C2)c1. The first-order valence-corrected chi connectivity index (χ1v) is 9.77. The van der Waals surface area contributed by atoms with E-state index in [4.69, 9.17) is 0 Å². The Balaban J connectivity index is 1.45. The van der Waals surface area contributed by atoms with Crippen LogP contribution in [0, 0.1) is 0 Å². The molecule has 4 rings (SSSR count). The monoisotopic (exact) mass is 353 g/mol. The zero-order valence-corrected chi connectivity index (χ0v) is 15.2. The van der Waals surface area contributed by atoms with Crippen LogP contribution in [0.25, 0.3) is 0 Å². The summed E-state index contributed by atoms with van der Waals surface area (Å²) in [4.78, 5) is 18.2. The summed E-state index contributed by atoms with van der Waals surface area (Å²) in [5.74, 6) is -0.439. The molecule has 1 aromatic heterocycles. The van der Waals surface area contributed by atoms with Crippen molar-refractivity contribution in [3.8, 4) is 0 Å². The number of aromatic nitrogens is 2. The molecular formula is C21H27N3O2. The van der Waals surface area contributed by atoms with Crippen molar-refractivity contribution in [3.05, 3.63) is 53.6 Å². The van der Waals surface area contributed by atoms with Crippen molar-refractivity contribution >= 4 is 5.97 Å². The second kappa shape index (κ2) is 7.62. The summed E-state index contributed by atoms with van der Waals surface area (Å²) < 4.78 is 2.39. The van der Waals surface area contributed by atoms with Crippen LogP contribution in [0.15, 0.2) is 36.8 Å². The van der Waals surface area contributed by atoms with Gasteiger partial charge in [-0.25, -0.2) is 9.78 Å². The van der Waals surface area contributed by atoms with E-state index in [1.807, 2.05) is 24.7 Å². The topological polar surface area (TPSA) is 58.4 Å². The third-order valence-electron chi connectivity index (χ3n) is 5.96. The first-order chi connectivity index (χ1) is 12.7. The average molecular weight is 353 g/mol. The van der Waals surface area contributed by atoms with Crippen molar-refractivity contribution in [3.63, 3.8) is 0 Å². The Morgan fingerprint density at radius 3 is 2.85 bits per heavy atom. The molecule has 1 unspecified atom stereocenters. The van der Waals surface area contributed by atoms with Crippen LogP contribution in [0.3, 0.4) is 0 Å². The van der Waals surface area contributed by atoms with E-state index in [1.54, 1.807) is 6.07 Å². The van der Waals surface area contributed by atoms with E-state index in [2.05, 4.69) is 20.5 Å². The number of benzene rings is 1. The van der Waals surface area contributed by atoms with Crippen molar-refractivity contribution in [2.24, 2.45) is 0 Å². The van der Waals surface area contributed by atoms with Crippen molar-refractivity contribution in [2.45, 2.75) is 57.0 Å². The maximum absolute atomic E-state index is 11.3. The van der Waals surface area contributed by atoms with E-state index in [9.17, 15) is 9.90 Å². The van der Waals surface area contributed by atoms with Gasteiger partial charge in [-0.2, -0.15) is 0 Å². The highest BCUT2D eigenvalue weighted by atomic mass is 16.4. The van der Waals surface area contributed by atoms with E-state index >= 15 is 0 Å². The molecule has 0 radical (unpaired) electrons. The molecule has 138 valence electrons. The molecule has 1 aliphatic heterocycles. The molecule has 0 amide bonds. The Labute approximate surface area is 154 Å². The molecule has 0 bridgehead atoms. The van der Waals surface area contributed by atoms with Crippen LogP contribution < -0.4 is 0 Å². The summed E-state index contributed by atoms with van der Waals surface area (Å²) >= 11 is 0. The summed E-state index contributed by atoms with van der Waals surface area (Å²) in [5, 5.41) is 9.25. The van der Waals surface area contributed by atoms with Crippen LogP contribution in [-0.2, 0) is 6.54 Å². The minimum absolute atomic E-state index is 0.388. The number of nitrogens with zero attached hydrogens (tertiary/aromatic N) is 3. The van der Waals surface area contributed by atoms with Gasteiger partial charge < -0.3 is 9.67 Å². The maximum Gasteiger partial charge on any atom is 0.335 e. The van der Waals surface area contributed by atoms with Gasteiger partial charge in [0.25, 0.3) is 0 Å². The van der Waals surface area contributed by atoms with Gasteiger partial charge in [-0.1, -0.05) is 25.0 Å². The third-order valence-corrected chi connectivity index (χ3v) is 5.96. The number of piperidine rings is 1. The fraction of sp³-hybridized carbons (Fsp3) is 0.524. The lowest BCUT2D eigenvalue weighted by Crippen LogP contribution is -2.34. The Morgan fingerprint density at radius 1 is 1.19 bits per heavy atom. The molecular weight excluding hydrogens is 326 g/mol. The highest BCUT2D eigenvalue weighted by molar-refractivity contribution is 5.87. The second-order valence-electron chi connectivity index (χ2n) is 7.74. The van der Waals surface area contributed by atoms with Gasteiger partial charge in [0.15, 0.2) is 0 Å². The Bertz CT molecular complexity index is 764. The molecule has 1 aliphatic carbocycles. The summed E-state index contributed by atoms with van der Waals surface area (Å²) in [6, 6.07) is 8.09. The van der Waals surface area contributed by atoms with Gasteiger partial charge in [0, 0.05) is 25.3 Å². The van der Waals surface area contributed by atoms with Gasteiger partial charge in [0.1, 0.15) is 0 Å². The Morgan fingerprint density at radius 2 is 2.04 bits per heavy atom. The molecule has 1 N–H and O–H groups in total. The number of imidazole rings is 1. The van der Waals surface area contributed by atoms with E-state index in [0.717, 1.165) is 38.0 Å². The quantitative estimate of drug-likeness (QED) is 0.880. The molecule has 0 spiro atoms. The summed E-state index contributed by atoms with van der Waals surface area (Å²) in [6.07, 6.45) is 11.5. The lowest BCUT2D eigenvalue weighted by molar-refractivity contribution is 0.0696. The predicted molar refractivity (Wildman–Crippen MR) is 100 cm³/mol. The summed E-state index contributed by atoms with van der Waals surface area (Å²) in [7, 11) is 0. The van der Waals surface area contributed by atoms with E-state index < -0.39 is 5.97 Å². The van der Waals surface area contributed by atoms with Crippen LogP contribution in [-0.4, -0.2) is 38.6 Å². The Kier molecular flexibility index (Phi) is 5.07. The van der Waals surface area contributed by atoms with Crippen LogP contribution in [0.4, 0.5) is 0 Å². The highest BCUT2D eigenvalue weighted by Gasteiger charge is 2.24. The number of rotatable bonds is 5. The predicted octanol–water partition coefficient (Wildman–Crippen LogP) is 4.08. The van der Waals surface area contributed by atoms with Gasteiger partial charge in [-0.05, 0) is 55.8 Å². The van der Waals surface area contributed by atoms with E-state index in [0.29, 0.717) is 17.5 Å². The number of carboxylic acid groups (broad SMARTS) is 1. The van der Waals surface area contributed by atoms with Crippen molar-refractivity contribution in [1.82, 2.24) is 14.5 Å². The molecule has 5 nitrogen and oxygen atoms in total. The summed E-state index contributed by atoms with van der Waals surface area (Å²) in [6.45, 7) is 3.02. The second-order valence-corrected chi connectivity index (χ2v) is 7.74. The average Bonchev–Trinajstić information content (AvgIpc) is 3.33. The maximum atomic E-state index is 11.3. The van der Waals surface area contributed by atoms with Crippen molar-refractivity contribution in [1.29, 1.82) is 0 Å². The molecule has 1 saturated heterocycles. The molecule has 2 aromatic rings. The standard InChI is InChI=1S/C21H27N3O2/c25-21(26)17-6-3-5-16(11-17)18-7-4-10-23(13-18)14-20-12-22-15-24(20)19-8-1-2-9-19/h3,5-6,11-12,15,18-19H,1-2,4,7-10,13-14H2,(H,25,26). The van der Waals surface area contributed by atoms with E-state index in [-0.39, 0.29) is 0 Å². The fourth-order valence-corrected chi connectivity index (χ4v) is 4.59. The largest absolute Gasteiger partial charge is 0.478 e. The fourth-order valence-electron chi connectivity index (χ4n) is 4.59.